The molecule has 0 aliphatic heterocycles. The highest BCUT2D eigenvalue weighted by molar-refractivity contribution is 4.95. The third-order valence-electron chi connectivity index (χ3n) is 7.85. The zero-order valence-electron chi connectivity index (χ0n) is 20.9. The van der Waals surface area contributed by atoms with E-state index in [-0.39, 0.29) is 40.2 Å². The van der Waals surface area contributed by atoms with E-state index in [1.165, 1.54) is 0 Å². The molecule has 0 saturated carbocycles. The molecule has 0 aliphatic rings. The van der Waals surface area contributed by atoms with Crippen molar-refractivity contribution in [1.29, 1.82) is 0 Å². The molecule has 0 aromatic carbocycles. The van der Waals surface area contributed by atoms with Crippen molar-refractivity contribution >= 4 is 0 Å². The van der Waals surface area contributed by atoms with Gasteiger partial charge in [-0.05, 0) is 45.4 Å². The van der Waals surface area contributed by atoms with Gasteiger partial charge >= 0.3 is 0 Å². The van der Waals surface area contributed by atoms with Crippen LogP contribution in [0.25, 0.3) is 0 Å². The van der Waals surface area contributed by atoms with Gasteiger partial charge in [-0.3, -0.25) is 0 Å². The Labute approximate surface area is 170 Å². The highest BCUT2D eigenvalue weighted by Gasteiger charge is 2.47. The normalized spacial score (nSPS) is 17.9. The molecule has 0 radical (unpaired) electrons. The number of hydrogen-bond acceptors (Lipinski definition) is 3. The van der Waals surface area contributed by atoms with Crippen LogP contribution in [-0.4, -0.2) is 37.6 Å². The van der Waals surface area contributed by atoms with Crippen molar-refractivity contribution in [3.05, 3.63) is 0 Å². The molecule has 0 rings (SSSR count). The SMILES string of the molecule is CCC(OC)C(C)(C)C(C)(C)OC(C)C(C)(C)C(C)OCC(C)(C)C(C)C. The Hall–Kier alpha value is -0.120. The second-order valence-corrected chi connectivity index (χ2v) is 11.0. The molecule has 0 heterocycles. The minimum atomic E-state index is -0.322. The second kappa shape index (κ2) is 9.59. The van der Waals surface area contributed by atoms with Crippen molar-refractivity contribution in [3.8, 4) is 0 Å². The maximum atomic E-state index is 6.69. The van der Waals surface area contributed by atoms with Gasteiger partial charge in [0.05, 0.1) is 30.5 Å². The molecule has 3 nitrogen and oxygen atoms in total. The fourth-order valence-electron chi connectivity index (χ4n) is 3.16. The minimum Gasteiger partial charge on any atom is -0.381 e. The molecule has 0 saturated heterocycles. The van der Waals surface area contributed by atoms with Crippen molar-refractivity contribution in [2.24, 2.45) is 22.2 Å². The summed E-state index contributed by atoms with van der Waals surface area (Å²) in [5, 5.41) is 0. The third kappa shape index (κ3) is 6.44. The van der Waals surface area contributed by atoms with Gasteiger partial charge in [0.25, 0.3) is 0 Å². The quantitative estimate of drug-likeness (QED) is 0.372. The van der Waals surface area contributed by atoms with E-state index in [1.54, 1.807) is 7.11 Å². The molecule has 3 heteroatoms. The van der Waals surface area contributed by atoms with Gasteiger partial charge in [-0.1, -0.05) is 62.3 Å². The molecule has 0 N–H and O–H groups in total. The number of rotatable bonds is 12. The lowest BCUT2D eigenvalue weighted by atomic mass is 9.71. The van der Waals surface area contributed by atoms with E-state index >= 15 is 0 Å². The lowest BCUT2D eigenvalue weighted by Crippen LogP contribution is -2.54. The van der Waals surface area contributed by atoms with Crippen LogP contribution in [0.2, 0.25) is 0 Å². The van der Waals surface area contributed by atoms with E-state index in [0.29, 0.717) is 5.92 Å². The Morgan fingerprint density at radius 1 is 0.778 bits per heavy atom. The van der Waals surface area contributed by atoms with E-state index in [2.05, 4.69) is 90.0 Å². The summed E-state index contributed by atoms with van der Waals surface area (Å²) in [4.78, 5) is 0. The minimum absolute atomic E-state index is 0.0540. The Kier molecular flexibility index (Phi) is 9.54. The van der Waals surface area contributed by atoms with Crippen LogP contribution >= 0.6 is 0 Å². The maximum Gasteiger partial charge on any atom is 0.0705 e. The summed E-state index contributed by atoms with van der Waals surface area (Å²) >= 11 is 0. The van der Waals surface area contributed by atoms with Crippen LogP contribution in [0.4, 0.5) is 0 Å². The maximum absolute atomic E-state index is 6.69. The van der Waals surface area contributed by atoms with Gasteiger partial charge in [-0.25, -0.2) is 0 Å². The monoisotopic (exact) mass is 386 g/mol. The largest absolute Gasteiger partial charge is 0.381 e. The number of hydrogen-bond donors (Lipinski definition) is 0. The zero-order valence-corrected chi connectivity index (χ0v) is 20.9. The molecule has 3 atom stereocenters. The molecule has 0 aromatic heterocycles. The van der Waals surface area contributed by atoms with Crippen molar-refractivity contribution < 1.29 is 14.2 Å². The lowest BCUT2D eigenvalue weighted by molar-refractivity contribution is -0.210. The highest BCUT2D eigenvalue weighted by Crippen LogP contribution is 2.43. The standard InChI is InChI=1S/C24H50O3/c1-15-20(25-14)23(10,11)24(12,13)27-19(5)22(8,9)18(4)26-16-21(6,7)17(2)3/h17-20H,15-16H2,1-14H3. The van der Waals surface area contributed by atoms with Crippen LogP contribution in [0, 0.1) is 22.2 Å². The molecule has 0 amide bonds. The summed E-state index contributed by atoms with van der Waals surface area (Å²) < 4.78 is 18.8. The fraction of sp³-hybridized carbons (Fsp3) is 1.00. The van der Waals surface area contributed by atoms with E-state index in [9.17, 15) is 0 Å². The molecule has 3 unspecified atom stereocenters. The van der Waals surface area contributed by atoms with Gasteiger partial charge in [0, 0.05) is 17.9 Å². The van der Waals surface area contributed by atoms with Crippen LogP contribution in [0.15, 0.2) is 0 Å². The molecule has 164 valence electrons. The van der Waals surface area contributed by atoms with Gasteiger partial charge in [0.2, 0.25) is 0 Å². The molecule has 0 bridgehead atoms. The fourth-order valence-corrected chi connectivity index (χ4v) is 3.16. The van der Waals surface area contributed by atoms with Crippen LogP contribution in [-0.2, 0) is 14.2 Å². The Balaban J connectivity index is 5.21. The molecular formula is C24H50O3. The average molecular weight is 387 g/mol. The highest BCUT2D eigenvalue weighted by atomic mass is 16.5. The predicted molar refractivity (Wildman–Crippen MR) is 117 cm³/mol. The van der Waals surface area contributed by atoms with Gasteiger partial charge in [0.1, 0.15) is 0 Å². The van der Waals surface area contributed by atoms with Crippen molar-refractivity contribution in [2.45, 2.75) is 120 Å². The third-order valence-corrected chi connectivity index (χ3v) is 7.85. The van der Waals surface area contributed by atoms with E-state index in [4.69, 9.17) is 14.2 Å². The predicted octanol–water partition coefficient (Wildman–Crippen LogP) is 6.73. The molecule has 0 spiro atoms. The summed E-state index contributed by atoms with van der Waals surface area (Å²) in [6, 6.07) is 0. The topological polar surface area (TPSA) is 27.7 Å². The first-order valence-electron chi connectivity index (χ1n) is 10.8. The van der Waals surface area contributed by atoms with Crippen LogP contribution in [0.5, 0.6) is 0 Å². The first kappa shape index (κ1) is 26.9. The Morgan fingerprint density at radius 3 is 1.63 bits per heavy atom. The lowest BCUT2D eigenvalue weighted by Gasteiger charge is -2.50. The Morgan fingerprint density at radius 2 is 1.26 bits per heavy atom. The smallest absolute Gasteiger partial charge is 0.0705 e. The first-order valence-corrected chi connectivity index (χ1v) is 10.8. The van der Waals surface area contributed by atoms with Crippen molar-refractivity contribution in [3.63, 3.8) is 0 Å². The van der Waals surface area contributed by atoms with Gasteiger partial charge in [-0.15, -0.1) is 0 Å². The summed E-state index contributed by atoms with van der Waals surface area (Å²) in [5.41, 5.74) is -0.362. The molecular weight excluding hydrogens is 336 g/mol. The van der Waals surface area contributed by atoms with Gasteiger partial charge in [0.15, 0.2) is 0 Å². The second-order valence-electron chi connectivity index (χ2n) is 11.0. The Bertz CT molecular complexity index is 431. The zero-order chi connectivity index (χ0) is 21.8. The summed E-state index contributed by atoms with van der Waals surface area (Å²) in [7, 11) is 1.80. The average Bonchev–Trinajstić information content (AvgIpc) is 2.52. The molecule has 0 aliphatic carbocycles. The van der Waals surface area contributed by atoms with Crippen LogP contribution in [0.1, 0.15) is 96.4 Å². The summed E-state index contributed by atoms with van der Waals surface area (Å²) in [6.07, 6.45) is 1.29. The van der Waals surface area contributed by atoms with Crippen LogP contribution in [0.3, 0.4) is 0 Å². The number of ether oxygens (including phenoxy) is 3. The van der Waals surface area contributed by atoms with Gasteiger partial charge in [-0.2, -0.15) is 0 Å². The summed E-state index contributed by atoms with van der Waals surface area (Å²) in [5.74, 6) is 0.584. The molecule has 0 aromatic rings. The van der Waals surface area contributed by atoms with E-state index in [0.717, 1.165) is 13.0 Å². The molecule has 27 heavy (non-hydrogen) atoms. The van der Waals surface area contributed by atoms with Crippen LogP contribution < -0.4 is 0 Å². The van der Waals surface area contributed by atoms with E-state index in [1.807, 2.05) is 0 Å². The number of methoxy groups -OCH3 is 1. The first-order chi connectivity index (χ1) is 12.0. The van der Waals surface area contributed by atoms with Gasteiger partial charge < -0.3 is 14.2 Å². The van der Waals surface area contributed by atoms with Crippen molar-refractivity contribution in [1.82, 2.24) is 0 Å². The van der Waals surface area contributed by atoms with Crippen molar-refractivity contribution in [2.75, 3.05) is 13.7 Å². The summed E-state index contributed by atoms with van der Waals surface area (Å²) in [6.45, 7) is 29.7. The molecule has 0 fully saturated rings. The van der Waals surface area contributed by atoms with E-state index < -0.39 is 0 Å².